The van der Waals surface area contributed by atoms with Crippen molar-refractivity contribution in [2.45, 2.75) is 6.61 Å². The lowest BCUT2D eigenvalue weighted by Crippen LogP contribution is -2.29. The maximum Gasteiger partial charge on any atom is 0.265 e. The van der Waals surface area contributed by atoms with Gasteiger partial charge in [-0.2, -0.15) is 0 Å². The van der Waals surface area contributed by atoms with Crippen LogP contribution in [0.15, 0.2) is 45.3 Å². The summed E-state index contributed by atoms with van der Waals surface area (Å²) in [5.74, 6) is 5.34. The van der Waals surface area contributed by atoms with E-state index in [1.807, 2.05) is 6.07 Å². The molecule has 1 amide bonds. The number of halogens is 3. The molecule has 7 heteroatoms. The van der Waals surface area contributed by atoms with Gasteiger partial charge in [0.2, 0.25) is 0 Å². The van der Waals surface area contributed by atoms with Crippen molar-refractivity contribution in [3.05, 3.63) is 61.5 Å². The summed E-state index contributed by atoms with van der Waals surface area (Å²) in [5.41, 5.74) is 3.44. The summed E-state index contributed by atoms with van der Waals surface area (Å²) < 4.78 is 7.34. The highest BCUT2D eigenvalue weighted by Crippen LogP contribution is 2.29. The summed E-state index contributed by atoms with van der Waals surface area (Å²) in [7, 11) is 0. The van der Waals surface area contributed by atoms with Crippen LogP contribution in [0.3, 0.4) is 0 Å². The Balaban J connectivity index is 2.13. The molecule has 2 aromatic carbocycles. The zero-order chi connectivity index (χ0) is 15.4. The smallest absolute Gasteiger partial charge is 0.265 e. The molecule has 3 N–H and O–H groups in total. The van der Waals surface area contributed by atoms with Gasteiger partial charge in [-0.15, -0.1) is 0 Å². The molecule has 2 rings (SSSR count). The molecule has 0 saturated carbocycles. The van der Waals surface area contributed by atoms with E-state index in [0.29, 0.717) is 22.9 Å². The first kappa shape index (κ1) is 16.3. The monoisotopic (exact) mass is 432 g/mol. The molecule has 0 bridgehead atoms. The molecule has 0 aromatic heterocycles. The topological polar surface area (TPSA) is 64.3 Å². The molecular weight excluding hydrogens is 423 g/mol. The zero-order valence-corrected chi connectivity index (χ0v) is 14.6. The summed E-state index contributed by atoms with van der Waals surface area (Å²) in [5, 5.41) is 0.536. The quantitative estimate of drug-likeness (QED) is 0.434. The second-order valence-electron chi connectivity index (χ2n) is 4.14. The lowest BCUT2D eigenvalue weighted by molar-refractivity contribution is 0.0953. The Kier molecular flexibility index (Phi) is 5.64. The number of nitrogens with two attached hydrogens (primary N) is 1. The molecule has 0 aliphatic rings. The Morgan fingerprint density at radius 1 is 1.24 bits per heavy atom. The van der Waals surface area contributed by atoms with Crippen LogP contribution in [-0.2, 0) is 6.61 Å². The van der Waals surface area contributed by atoms with Crippen molar-refractivity contribution < 1.29 is 9.53 Å². The molecule has 110 valence electrons. The highest BCUT2D eigenvalue weighted by Gasteiger charge is 2.09. The molecule has 4 nitrogen and oxygen atoms in total. The van der Waals surface area contributed by atoms with E-state index in [9.17, 15) is 4.79 Å². The van der Waals surface area contributed by atoms with Crippen molar-refractivity contribution in [2.75, 3.05) is 0 Å². The highest BCUT2D eigenvalue weighted by atomic mass is 79.9. The summed E-state index contributed by atoms with van der Waals surface area (Å²) in [6.45, 7) is 0.321. The lowest BCUT2D eigenvalue weighted by Gasteiger charge is -2.10. The van der Waals surface area contributed by atoms with Gasteiger partial charge in [0.25, 0.3) is 5.91 Å². The minimum absolute atomic E-state index is 0.321. The van der Waals surface area contributed by atoms with Gasteiger partial charge in [0.1, 0.15) is 12.4 Å². The molecule has 0 saturated heterocycles. The van der Waals surface area contributed by atoms with Gasteiger partial charge in [0, 0.05) is 20.1 Å². The number of hydrazine groups is 1. The van der Waals surface area contributed by atoms with Gasteiger partial charge in [-0.05, 0) is 30.3 Å². The molecule has 0 unspecified atom stereocenters. The third kappa shape index (κ3) is 4.20. The molecule has 0 heterocycles. The molecule has 0 atom stereocenters. The number of amides is 1. The third-order valence-electron chi connectivity index (χ3n) is 2.72. The molecule has 0 fully saturated rings. The molecule has 0 radical (unpaired) electrons. The van der Waals surface area contributed by atoms with E-state index in [4.69, 9.17) is 22.2 Å². The molecular formula is C14H11Br2ClN2O2. The first-order valence-electron chi connectivity index (χ1n) is 5.88. The summed E-state index contributed by atoms with van der Waals surface area (Å²) >= 11 is 12.8. The SMILES string of the molecule is NNC(=O)c1ccc(COc2cc(Br)ccc2Cl)c(Br)c1. The predicted molar refractivity (Wildman–Crippen MR) is 89.3 cm³/mol. The number of benzene rings is 2. The van der Waals surface area contributed by atoms with Gasteiger partial charge >= 0.3 is 0 Å². The van der Waals surface area contributed by atoms with Crippen LogP contribution in [0.4, 0.5) is 0 Å². The van der Waals surface area contributed by atoms with E-state index in [1.54, 1.807) is 30.3 Å². The lowest BCUT2D eigenvalue weighted by atomic mass is 10.1. The van der Waals surface area contributed by atoms with Gasteiger partial charge in [0.15, 0.2) is 0 Å². The Morgan fingerprint density at radius 3 is 2.67 bits per heavy atom. The maximum atomic E-state index is 11.4. The van der Waals surface area contributed by atoms with Crippen LogP contribution < -0.4 is 16.0 Å². The second-order valence-corrected chi connectivity index (χ2v) is 6.32. The van der Waals surface area contributed by atoms with Crippen molar-refractivity contribution in [3.63, 3.8) is 0 Å². The van der Waals surface area contributed by atoms with Crippen molar-refractivity contribution >= 4 is 49.4 Å². The summed E-state index contributed by atoms with van der Waals surface area (Å²) in [6.07, 6.45) is 0. The van der Waals surface area contributed by atoms with Crippen molar-refractivity contribution in [3.8, 4) is 5.75 Å². The Morgan fingerprint density at radius 2 is 2.00 bits per heavy atom. The molecule has 21 heavy (non-hydrogen) atoms. The number of ether oxygens (including phenoxy) is 1. The number of nitrogens with one attached hydrogen (secondary N) is 1. The van der Waals surface area contributed by atoms with E-state index in [1.165, 1.54) is 0 Å². The number of rotatable bonds is 4. The van der Waals surface area contributed by atoms with Crippen LogP contribution in [-0.4, -0.2) is 5.91 Å². The van der Waals surface area contributed by atoms with E-state index in [0.717, 1.165) is 14.5 Å². The van der Waals surface area contributed by atoms with E-state index < -0.39 is 0 Å². The number of nitrogen functional groups attached to an aromatic ring is 1. The molecule has 0 aliphatic carbocycles. The van der Waals surface area contributed by atoms with E-state index in [2.05, 4.69) is 37.3 Å². The van der Waals surface area contributed by atoms with Crippen molar-refractivity contribution in [2.24, 2.45) is 5.84 Å². The van der Waals surface area contributed by atoms with Crippen molar-refractivity contribution in [1.29, 1.82) is 0 Å². The number of carbonyl (C=O) groups is 1. The zero-order valence-electron chi connectivity index (χ0n) is 10.7. The van der Waals surface area contributed by atoms with Crippen LogP contribution >= 0.6 is 43.5 Å². The van der Waals surface area contributed by atoms with Crippen LogP contribution in [0.5, 0.6) is 5.75 Å². The normalized spacial score (nSPS) is 10.3. The van der Waals surface area contributed by atoms with Gasteiger partial charge in [-0.3, -0.25) is 10.2 Å². The largest absolute Gasteiger partial charge is 0.487 e. The number of hydrogen-bond donors (Lipinski definition) is 2. The minimum Gasteiger partial charge on any atom is -0.487 e. The first-order chi connectivity index (χ1) is 10.0. The summed E-state index contributed by atoms with van der Waals surface area (Å²) in [6, 6.07) is 10.5. The van der Waals surface area contributed by atoms with Gasteiger partial charge in [-0.1, -0.05) is 49.5 Å². The standard InChI is InChI=1S/C14H11Br2ClN2O2/c15-10-3-4-12(17)13(6-10)21-7-9-2-1-8(5-11(9)16)14(20)19-18/h1-6H,7,18H2,(H,19,20). The fourth-order valence-corrected chi connectivity index (χ4v) is 2.64. The highest BCUT2D eigenvalue weighted by molar-refractivity contribution is 9.10. The van der Waals surface area contributed by atoms with Gasteiger partial charge < -0.3 is 4.74 Å². The van der Waals surface area contributed by atoms with Gasteiger partial charge in [0.05, 0.1) is 5.02 Å². The number of hydrogen-bond acceptors (Lipinski definition) is 3. The third-order valence-corrected chi connectivity index (χ3v) is 4.27. The number of carbonyl (C=O) groups excluding carboxylic acids is 1. The Hall–Kier alpha value is -1.08. The average molecular weight is 435 g/mol. The first-order valence-corrected chi connectivity index (χ1v) is 7.85. The predicted octanol–water partition coefficient (Wildman–Crippen LogP) is 4.05. The molecule has 0 aliphatic heterocycles. The van der Waals surface area contributed by atoms with Crippen LogP contribution in [0.25, 0.3) is 0 Å². The second kappa shape index (κ2) is 7.26. The van der Waals surface area contributed by atoms with E-state index in [-0.39, 0.29) is 5.91 Å². The Bertz CT molecular complexity index is 680. The minimum atomic E-state index is -0.349. The Labute approximate surface area is 143 Å². The molecule has 0 spiro atoms. The fraction of sp³-hybridized carbons (Fsp3) is 0.0714. The average Bonchev–Trinajstić information content (AvgIpc) is 2.48. The van der Waals surface area contributed by atoms with Gasteiger partial charge in [-0.25, -0.2) is 5.84 Å². The fourth-order valence-electron chi connectivity index (χ4n) is 1.63. The van der Waals surface area contributed by atoms with Crippen LogP contribution in [0, 0.1) is 0 Å². The summed E-state index contributed by atoms with van der Waals surface area (Å²) in [4.78, 5) is 11.4. The van der Waals surface area contributed by atoms with E-state index >= 15 is 0 Å². The van der Waals surface area contributed by atoms with Crippen LogP contribution in [0.1, 0.15) is 15.9 Å². The maximum absolute atomic E-state index is 11.4. The molecule has 2 aromatic rings. The van der Waals surface area contributed by atoms with Crippen LogP contribution in [0.2, 0.25) is 5.02 Å². The van der Waals surface area contributed by atoms with Crippen molar-refractivity contribution in [1.82, 2.24) is 5.43 Å².